The molecule has 0 saturated carbocycles. The van der Waals surface area contributed by atoms with Crippen LogP contribution in [-0.2, 0) is 22.7 Å². The third-order valence-electron chi connectivity index (χ3n) is 4.81. The van der Waals surface area contributed by atoms with Gasteiger partial charge < -0.3 is 15.0 Å². The molecule has 0 unspecified atom stereocenters. The summed E-state index contributed by atoms with van der Waals surface area (Å²) in [6, 6.07) is 8.22. The molecule has 0 atom stereocenters. The fraction of sp³-hybridized carbons (Fsp3) is 0.476. The van der Waals surface area contributed by atoms with E-state index in [2.05, 4.69) is 44.5 Å². The third-order valence-corrected chi connectivity index (χ3v) is 4.81. The fourth-order valence-electron chi connectivity index (χ4n) is 3.18. The normalized spacial score (nSPS) is 15.1. The number of aromatic nitrogens is 2. The average Bonchev–Trinajstić information content (AvgIpc) is 2.72. The lowest BCUT2D eigenvalue weighted by molar-refractivity contribution is -0.125. The SMILES string of the molecule is CC(C)OCc1ccc(CNC(=O)C2CCN(c3cnccn3)CC2)cc1. The van der Waals surface area contributed by atoms with Gasteiger partial charge in [0.1, 0.15) is 5.82 Å². The standard InChI is InChI=1S/C21H28N4O2/c1-16(2)27-15-18-5-3-17(4-6-18)13-24-21(26)19-7-11-25(12-8-19)20-14-22-9-10-23-20/h3-6,9-10,14,16,19H,7-8,11-13,15H2,1-2H3,(H,24,26). The average molecular weight is 368 g/mol. The number of anilines is 1. The van der Waals surface area contributed by atoms with Crippen LogP contribution in [0.15, 0.2) is 42.9 Å². The van der Waals surface area contributed by atoms with Crippen LogP contribution in [0.25, 0.3) is 0 Å². The predicted molar refractivity (Wildman–Crippen MR) is 105 cm³/mol. The molecule has 0 radical (unpaired) electrons. The molecule has 1 saturated heterocycles. The minimum atomic E-state index is 0.0663. The maximum atomic E-state index is 12.5. The Kier molecular flexibility index (Phi) is 6.76. The molecule has 1 aromatic heterocycles. The maximum Gasteiger partial charge on any atom is 0.223 e. The molecule has 6 nitrogen and oxygen atoms in total. The topological polar surface area (TPSA) is 67.3 Å². The number of amides is 1. The van der Waals surface area contributed by atoms with Crippen LogP contribution in [0.2, 0.25) is 0 Å². The van der Waals surface area contributed by atoms with Gasteiger partial charge in [-0.05, 0) is 37.8 Å². The van der Waals surface area contributed by atoms with Crippen molar-refractivity contribution in [3.8, 4) is 0 Å². The van der Waals surface area contributed by atoms with Gasteiger partial charge in [-0.1, -0.05) is 24.3 Å². The molecule has 0 bridgehead atoms. The number of piperidine rings is 1. The number of benzene rings is 1. The van der Waals surface area contributed by atoms with Crippen molar-refractivity contribution in [2.24, 2.45) is 5.92 Å². The van der Waals surface area contributed by atoms with Crippen LogP contribution >= 0.6 is 0 Å². The van der Waals surface area contributed by atoms with Crippen LogP contribution in [-0.4, -0.2) is 35.1 Å². The van der Waals surface area contributed by atoms with Crippen molar-refractivity contribution in [2.45, 2.75) is 45.9 Å². The second-order valence-corrected chi connectivity index (χ2v) is 7.22. The lowest BCUT2D eigenvalue weighted by atomic mass is 9.96. The highest BCUT2D eigenvalue weighted by Gasteiger charge is 2.25. The first-order chi connectivity index (χ1) is 13.1. The second kappa shape index (κ2) is 9.46. The number of carbonyl (C=O) groups excluding carboxylic acids is 1. The lowest BCUT2D eigenvalue weighted by Crippen LogP contribution is -2.40. The number of hydrogen-bond acceptors (Lipinski definition) is 5. The summed E-state index contributed by atoms with van der Waals surface area (Å²) >= 11 is 0. The van der Waals surface area contributed by atoms with E-state index in [1.54, 1.807) is 18.6 Å². The molecule has 2 aromatic rings. The van der Waals surface area contributed by atoms with Gasteiger partial charge in [-0.15, -0.1) is 0 Å². The second-order valence-electron chi connectivity index (χ2n) is 7.22. The van der Waals surface area contributed by atoms with Gasteiger partial charge in [0, 0.05) is 37.9 Å². The minimum absolute atomic E-state index is 0.0663. The minimum Gasteiger partial charge on any atom is -0.374 e. The van der Waals surface area contributed by atoms with Crippen LogP contribution < -0.4 is 10.2 Å². The monoisotopic (exact) mass is 368 g/mol. The molecule has 0 spiro atoms. The summed E-state index contributed by atoms with van der Waals surface area (Å²) in [4.78, 5) is 23.1. The van der Waals surface area contributed by atoms with Crippen molar-refractivity contribution in [3.05, 3.63) is 54.0 Å². The highest BCUT2D eigenvalue weighted by molar-refractivity contribution is 5.79. The lowest BCUT2D eigenvalue weighted by Gasteiger charge is -2.31. The smallest absolute Gasteiger partial charge is 0.223 e. The number of hydrogen-bond donors (Lipinski definition) is 1. The molecular formula is C21H28N4O2. The molecule has 1 aliphatic heterocycles. The van der Waals surface area contributed by atoms with Crippen molar-refractivity contribution >= 4 is 11.7 Å². The van der Waals surface area contributed by atoms with Crippen LogP contribution in [0.1, 0.15) is 37.8 Å². The summed E-state index contributed by atoms with van der Waals surface area (Å²) in [5, 5.41) is 3.08. The van der Waals surface area contributed by atoms with E-state index < -0.39 is 0 Å². The van der Waals surface area contributed by atoms with Crippen LogP contribution in [0.5, 0.6) is 0 Å². The Balaban J connectivity index is 1.42. The predicted octanol–water partition coefficient (Wildman–Crippen LogP) is 2.93. The zero-order chi connectivity index (χ0) is 19.1. The largest absolute Gasteiger partial charge is 0.374 e. The van der Waals surface area contributed by atoms with E-state index in [9.17, 15) is 4.79 Å². The molecule has 6 heteroatoms. The fourth-order valence-corrected chi connectivity index (χ4v) is 3.18. The van der Waals surface area contributed by atoms with Crippen LogP contribution in [0.4, 0.5) is 5.82 Å². The zero-order valence-electron chi connectivity index (χ0n) is 16.1. The van der Waals surface area contributed by atoms with Crippen LogP contribution in [0, 0.1) is 5.92 Å². The Hall–Kier alpha value is -2.47. The number of rotatable bonds is 7. The first kappa shape index (κ1) is 19.3. The molecule has 1 fully saturated rings. The van der Waals surface area contributed by atoms with Crippen molar-refractivity contribution in [1.82, 2.24) is 15.3 Å². The Morgan fingerprint density at radius 3 is 2.52 bits per heavy atom. The van der Waals surface area contributed by atoms with Crippen molar-refractivity contribution in [3.63, 3.8) is 0 Å². The summed E-state index contributed by atoms with van der Waals surface area (Å²) in [5.41, 5.74) is 2.25. The van der Waals surface area contributed by atoms with E-state index in [1.165, 1.54) is 0 Å². The number of nitrogens with zero attached hydrogens (tertiary/aromatic N) is 3. The Morgan fingerprint density at radius 1 is 1.19 bits per heavy atom. The molecule has 2 heterocycles. The van der Waals surface area contributed by atoms with Gasteiger partial charge in [-0.2, -0.15) is 0 Å². The summed E-state index contributed by atoms with van der Waals surface area (Å²) in [6.07, 6.45) is 7.06. The van der Waals surface area contributed by atoms with E-state index in [1.807, 2.05) is 13.8 Å². The van der Waals surface area contributed by atoms with Gasteiger partial charge in [0.2, 0.25) is 5.91 Å². The molecule has 144 valence electrons. The summed E-state index contributed by atoms with van der Waals surface area (Å²) < 4.78 is 5.60. The summed E-state index contributed by atoms with van der Waals surface area (Å²) in [7, 11) is 0. The van der Waals surface area contributed by atoms with Gasteiger partial charge in [0.05, 0.1) is 18.9 Å². The van der Waals surface area contributed by atoms with Crippen molar-refractivity contribution < 1.29 is 9.53 Å². The summed E-state index contributed by atoms with van der Waals surface area (Å²) in [5.74, 6) is 1.09. The maximum absolute atomic E-state index is 12.5. The van der Waals surface area contributed by atoms with E-state index in [-0.39, 0.29) is 17.9 Å². The van der Waals surface area contributed by atoms with Gasteiger partial charge in [0.15, 0.2) is 0 Å². The van der Waals surface area contributed by atoms with Gasteiger partial charge >= 0.3 is 0 Å². The Bertz CT molecular complexity index is 711. The molecule has 1 aromatic carbocycles. The number of carbonyl (C=O) groups is 1. The Morgan fingerprint density at radius 2 is 1.89 bits per heavy atom. The van der Waals surface area contributed by atoms with E-state index in [0.717, 1.165) is 42.9 Å². The van der Waals surface area contributed by atoms with Crippen molar-refractivity contribution in [1.29, 1.82) is 0 Å². The van der Waals surface area contributed by atoms with Crippen LogP contribution in [0.3, 0.4) is 0 Å². The Labute approximate surface area is 161 Å². The zero-order valence-corrected chi connectivity index (χ0v) is 16.1. The molecule has 3 rings (SSSR count). The highest BCUT2D eigenvalue weighted by Crippen LogP contribution is 2.21. The molecule has 0 aliphatic carbocycles. The van der Waals surface area contributed by atoms with Crippen molar-refractivity contribution in [2.75, 3.05) is 18.0 Å². The molecule has 1 amide bonds. The van der Waals surface area contributed by atoms with E-state index in [0.29, 0.717) is 13.2 Å². The van der Waals surface area contributed by atoms with E-state index in [4.69, 9.17) is 4.74 Å². The molecule has 1 N–H and O–H groups in total. The molecular weight excluding hydrogens is 340 g/mol. The van der Waals surface area contributed by atoms with Gasteiger partial charge in [-0.25, -0.2) is 4.98 Å². The molecule has 27 heavy (non-hydrogen) atoms. The highest BCUT2D eigenvalue weighted by atomic mass is 16.5. The van der Waals surface area contributed by atoms with E-state index >= 15 is 0 Å². The first-order valence-electron chi connectivity index (χ1n) is 9.60. The number of ether oxygens (including phenoxy) is 1. The van der Waals surface area contributed by atoms with Gasteiger partial charge in [-0.3, -0.25) is 9.78 Å². The quantitative estimate of drug-likeness (QED) is 0.814. The first-order valence-corrected chi connectivity index (χ1v) is 9.60. The van der Waals surface area contributed by atoms with Gasteiger partial charge in [0.25, 0.3) is 0 Å². The molecule has 1 aliphatic rings. The number of nitrogens with one attached hydrogen (secondary N) is 1. The summed E-state index contributed by atoms with van der Waals surface area (Å²) in [6.45, 7) is 6.91. The third kappa shape index (κ3) is 5.76.